The lowest BCUT2D eigenvalue weighted by atomic mass is 9.79. The lowest BCUT2D eigenvalue weighted by molar-refractivity contribution is 0.211. The number of nitrogens with one attached hydrogen (secondary N) is 2. The van der Waals surface area contributed by atoms with Crippen LogP contribution in [0.3, 0.4) is 0 Å². The van der Waals surface area contributed by atoms with Crippen LogP contribution in [0.25, 0.3) is 0 Å². The number of aliphatic hydroxyl groups excluding tert-OH is 1. The molecule has 0 amide bonds. The number of aromatic nitrogens is 1. The van der Waals surface area contributed by atoms with Gasteiger partial charge < -0.3 is 25.9 Å². The number of hydrogen-bond donors (Lipinski definition) is 4. The van der Waals surface area contributed by atoms with Gasteiger partial charge in [0.1, 0.15) is 12.0 Å². The highest BCUT2D eigenvalue weighted by atomic mass is 16.5. The lowest BCUT2D eigenvalue weighted by Gasteiger charge is -2.33. The van der Waals surface area contributed by atoms with Crippen LogP contribution >= 0.6 is 0 Å². The molecular formula is C19H20N4O3. The second kappa shape index (κ2) is 6.67. The van der Waals surface area contributed by atoms with Crippen molar-refractivity contribution in [3.05, 3.63) is 68.3 Å². The summed E-state index contributed by atoms with van der Waals surface area (Å²) in [6.45, 7) is 3.68. The fourth-order valence-electron chi connectivity index (χ4n) is 3.46. The molecule has 0 radical (unpaired) electrons. The normalized spacial score (nSPS) is 17.2. The molecular weight excluding hydrogens is 332 g/mol. The summed E-state index contributed by atoms with van der Waals surface area (Å²) >= 11 is 0. The van der Waals surface area contributed by atoms with Crippen LogP contribution in [0, 0.1) is 18.3 Å². The van der Waals surface area contributed by atoms with E-state index in [4.69, 9.17) is 15.7 Å². The number of methoxy groups -OCH3 is 1. The number of aliphatic hydroxyl groups is 1. The molecule has 0 spiro atoms. The number of H-pyrrole nitrogens is 1. The van der Waals surface area contributed by atoms with Crippen molar-refractivity contribution < 1.29 is 9.84 Å². The van der Waals surface area contributed by atoms with Crippen LogP contribution < -0.4 is 21.3 Å². The smallest absolute Gasteiger partial charge is 0.254 e. The molecule has 1 aromatic carbocycles. The molecule has 1 aliphatic rings. The van der Waals surface area contributed by atoms with Gasteiger partial charge in [0.15, 0.2) is 0 Å². The van der Waals surface area contributed by atoms with E-state index in [2.05, 4.69) is 16.4 Å². The Morgan fingerprint density at radius 2 is 2.12 bits per heavy atom. The van der Waals surface area contributed by atoms with Gasteiger partial charge in [0.2, 0.25) is 0 Å². The van der Waals surface area contributed by atoms with Crippen molar-refractivity contribution in [1.29, 1.82) is 5.26 Å². The highest BCUT2D eigenvalue weighted by Gasteiger charge is 2.35. The third-order valence-electron chi connectivity index (χ3n) is 4.67. The number of nitrogens with two attached hydrogens (primary N) is 1. The van der Waals surface area contributed by atoms with Gasteiger partial charge in [-0.15, -0.1) is 0 Å². The first-order chi connectivity index (χ1) is 12.4. The fourth-order valence-corrected chi connectivity index (χ4v) is 3.46. The van der Waals surface area contributed by atoms with E-state index in [9.17, 15) is 9.90 Å². The summed E-state index contributed by atoms with van der Waals surface area (Å²) in [6, 6.07) is 7.06. The van der Waals surface area contributed by atoms with Gasteiger partial charge in [-0.1, -0.05) is 6.07 Å². The number of hydrogen-bond acceptors (Lipinski definition) is 6. The summed E-state index contributed by atoms with van der Waals surface area (Å²) < 4.78 is 5.46. The average molecular weight is 352 g/mol. The van der Waals surface area contributed by atoms with Gasteiger partial charge in [-0.3, -0.25) is 4.79 Å². The molecule has 2 heterocycles. The van der Waals surface area contributed by atoms with Crippen molar-refractivity contribution in [1.82, 2.24) is 4.98 Å². The van der Waals surface area contributed by atoms with Crippen molar-refractivity contribution >= 4 is 5.69 Å². The molecule has 1 aliphatic heterocycles. The topological polar surface area (TPSA) is 124 Å². The van der Waals surface area contributed by atoms with Crippen molar-refractivity contribution in [3.63, 3.8) is 0 Å². The van der Waals surface area contributed by atoms with Gasteiger partial charge in [0.05, 0.1) is 30.0 Å². The van der Waals surface area contributed by atoms with Crippen LogP contribution in [0.2, 0.25) is 0 Å². The van der Waals surface area contributed by atoms with E-state index in [1.165, 1.54) is 7.11 Å². The number of benzene rings is 1. The molecule has 7 heteroatoms. The number of anilines is 1. The third-order valence-corrected chi connectivity index (χ3v) is 4.67. The predicted molar refractivity (Wildman–Crippen MR) is 97.9 cm³/mol. The first kappa shape index (κ1) is 17.7. The van der Waals surface area contributed by atoms with Crippen LogP contribution in [-0.4, -0.2) is 23.4 Å². The third kappa shape index (κ3) is 2.75. The van der Waals surface area contributed by atoms with Crippen molar-refractivity contribution in [3.8, 4) is 11.8 Å². The van der Waals surface area contributed by atoms with Crippen LogP contribution in [-0.2, 0) is 0 Å². The monoisotopic (exact) mass is 352 g/mol. The molecule has 2 atom stereocenters. The van der Waals surface area contributed by atoms with Crippen LogP contribution in [0.5, 0.6) is 5.75 Å². The Kier molecular flexibility index (Phi) is 4.55. The van der Waals surface area contributed by atoms with E-state index in [0.717, 1.165) is 5.56 Å². The van der Waals surface area contributed by atoms with E-state index >= 15 is 0 Å². The molecule has 134 valence electrons. The number of allylic oxidation sites excluding steroid dienone is 1. The summed E-state index contributed by atoms with van der Waals surface area (Å²) in [5.41, 5.74) is 9.82. The zero-order chi connectivity index (χ0) is 19.0. The molecule has 7 nitrogen and oxygen atoms in total. The lowest BCUT2D eigenvalue weighted by Crippen LogP contribution is -2.35. The van der Waals surface area contributed by atoms with Gasteiger partial charge in [0.25, 0.3) is 5.56 Å². The summed E-state index contributed by atoms with van der Waals surface area (Å²) in [5.74, 6) is -0.147. The molecule has 1 aromatic heterocycles. The van der Waals surface area contributed by atoms with Crippen molar-refractivity contribution in [2.45, 2.75) is 26.0 Å². The number of pyridine rings is 1. The fraction of sp³-hybridized carbons (Fsp3) is 0.263. The number of ether oxygens (including phenoxy) is 1. The molecule has 26 heavy (non-hydrogen) atoms. The SMILES string of the molecule is COc1cc(C#N)ccc1C1C(C(N)O)=C(C)Nc2c(C)c[nH]c(=O)c21. The van der Waals surface area contributed by atoms with Gasteiger partial charge in [-0.05, 0) is 31.5 Å². The van der Waals surface area contributed by atoms with Crippen LogP contribution in [0.15, 0.2) is 40.5 Å². The number of rotatable bonds is 3. The maximum atomic E-state index is 12.7. The quantitative estimate of drug-likeness (QED) is 0.623. The van der Waals surface area contributed by atoms with Crippen LogP contribution in [0.1, 0.15) is 35.1 Å². The van der Waals surface area contributed by atoms with E-state index < -0.39 is 12.1 Å². The van der Waals surface area contributed by atoms with Gasteiger partial charge in [-0.25, -0.2) is 0 Å². The number of aromatic amines is 1. The largest absolute Gasteiger partial charge is 0.496 e. The molecule has 5 N–H and O–H groups in total. The number of nitrogens with zero attached hydrogens (tertiary/aromatic N) is 1. The maximum absolute atomic E-state index is 12.7. The minimum atomic E-state index is -1.26. The van der Waals surface area contributed by atoms with Crippen LogP contribution in [0.4, 0.5) is 5.69 Å². The summed E-state index contributed by atoms with van der Waals surface area (Å²) in [7, 11) is 1.50. The molecule has 3 rings (SSSR count). The zero-order valence-electron chi connectivity index (χ0n) is 14.8. The number of nitriles is 1. The number of fused-ring (bicyclic) bond motifs is 1. The zero-order valence-corrected chi connectivity index (χ0v) is 14.8. The molecule has 0 saturated heterocycles. The van der Waals surface area contributed by atoms with Gasteiger partial charge in [-0.2, -0.15) is 5.26 Å². The Morgan fingerprint density at radius 1 is 1.38 bits per heavy atom. The molecule has 0 aliphatic carbocycles. The minimum absolute atomic E-state index is 0.278. The Balaban J connectivity index is 2.36. The first-order valence-corrected chi connectivity index (χ1v) is 8.10. The molecule has 0 saturated carbocycles. The minimum Gasteiger partial charge on any atom is -0.496 e. The summed E-state index contributed by atoms with van der Waals surface area (Å²) in [6.07, 6.45) is 0.374. The average Bonchev–Trinajstić information content (AvgIpc) is 2.63. The van der Waals surface area contributed by atoms with Crippen molar-refractivity contribution in [2.75, 3.05) is 12.4 Å². The molecule has 0 fully saturated rings. The molecule has 2 unspecified atom stereocenters. The first-order valence-electron chi connectivity index (χ1n) is 8.10. The summed E-state index contributed by atoms with van der Waals surface area (Å²) in [5, 5.41) is 22.5. The van der Waals surface area contributed by atoms with E-state index in [-0.39, 0.29) is 5.56 Å². The highest BCUT2D eigenvalue weighted by Crippen LogP contribution is 2.44. The maximum Gasteiger partial charge on any atom is 0.254 e. The Hall–Kier alpha value is -3.08. The van der Waals surface area contributed by atoms with Gasteiger partial charge >= 0.3 is 0 Å². The standard InChI is InChI=1S/C19H20N4O3/c1-9-8-22-19(25)16-15(14(18(21)24)10(2)23-17(9)16)12-5-4-11(7-20)6-13(12)26-3/h4-6,8,15,18,23-24H,21H2,1-3H3,(H,22,25). The van der Waals surface area contributed by atoms with E-state index in [1.807, 2.05) is 6.92 Å². The highest BCUT2D eigenvalue weighted by molar-refractivity contribution is 5.69. The Bertz CT molecular complexity index is 999. The molecule has 2 aromatic rings. The van der Waals surface area contributed by atoms with E-state index in [1.54, 1.807) is 31.3 Å². The predicted octanol–water partition coefficient (Wildman–Crippen LogP) is 1.67. The number of aryl methyl sites for hydroxylation is 1. The Labute approximate surface area is 150 Å². The van der Waals surface area contributed by atoms with Gasteiger partial charge in [0, 0.05) is 28.9 Å². The molecule has 0 bridgehead atoms. The second-order valence-electron chi connectivity index (χ2n) is 6.24. The Morgan fingerprint density at radius 3 is 2.73 bits per heavy atom. The summed E-state index contributed by atoms with van der Waals surface area (Å²) in [4.78, 5) is 15.4. The second-order valence-corrected chi connectivity index (χ2v) is 6.24. The van der Waals surface area contributed by atoms with E-state index in [0.29, 0.717) is 39.4 Å². The van der Waals surface area contributed by atoms with Crippen molar-refractivity contribution in [2.24, 2.45) is 5.73 Å².